The van der Waals surface area contributed by atoms with Gasteiger partial charge in [0.05, 0.1) is 0 Å². The molecule has 0 spiro atoms. The van der Waals surface area contributed by atoms with Gasteiger partial charge in [-0.3, -0.25) is 4.79 Å². The fourth-order valence-electron chi connectivity index (χ4n) is 1.85. The van der Waals surface area contributed by atoms with Crippen molar-refractivity contribution in [2.75, 3.05) is 0 Å². The van der Waals surface area contributed by atoms with Crippen molar-refractivity contribution >= 4 is 5.97 Å². The topological polar surface area (TPSA) is 37.3 Å². The van der Waals surface area contributed by atoms with Gasteiger partial charge in [-0.1, -0.05) is 69.1 Å². The highest BCUT2D eigenvalue weighted by Crippen LogP contribution is 2.05. The summed E-state index contributed by atoms with van der Waals surface area (Å²) in [7, 11) is 0. The zero-order chi connectivity index (χ0) is 14.9. The predicted molar refractivity (Wildman–Crippen MR) is 86.9 cm³/mol. The molecule has 0 saturated carbocycles. The van der Waals surface area contributed by atoms with E-state index in [1.165, 1.54) is 38.5 Å². The van der Waals surface area contributed by atoms with Gasteiger partial charge in [-0.2, -0.15) is 0 Å². The van der Waals surface area contributed by atoms with Crippen molar-refractivity contribution in [3.63, 3.8) is 0 Å². The van der Waals surface area contributed by atoms with Crippen LogP contribution in [-0.2, 0) is 4.79 Å². The third kappa shape index (κ3) is 16.7. The van der Waals surface area contributed by atoms with Crippen LogP contribution in [0.1, 0.15) is 71.1 Å². The quantitative estimate of drug-likeness (QED) is 0.348. The van der Waals surface area contributed by atoms with Gasteiger partial charge in [0.1, 0.15) is 0 Å². The van der Waals surface area contributed by atoms with Crippen molar-refractivity contribution in [1.29, 1.82) is 0 Å². The van der Waals surface area contributed by atoms with E-state index in [4.69, 9.17) is 5.11 Å². The summed E-state index contributed by atoms with van der Waals surface area (Å²) < 4.78 is 0. The molecule has 0 radical (unpaired) electrons. The first-order valence-electron chi connectivity index (χ1n) is 7.94. The third-order valence-corrected chi connectivity index (χ3v) is 3.04. The molecule has 0 aromatic carbocycles. The largest absolute Gasteiger partial charge is 0.481 e. The van der Waals surface area contributed by atoms with Gasteiger partial charge in [0.15, 0.2) is 0 Å². The Kier molecular flexibility index (Phi) is 14.7. The van der Waals surface area contributed by atoms with Crippen LogP contribution in [0.25, 0.3) is 0 Å². The van der Waals surface area contributed by atoms with E-state index in [1.807, 2.05) is 12.2 Å². The van der Waals surface area contributed by atoms with Crippen LogP contribution in [-0.4, -0.2) is 11.1 Å². The highest BCUT2D eigenvalue weighted by atomic mass is 16.4. The van der Waals surface area contributed by atoms with Gasteiger partial charge >= 0.3 is 5.97 Å². The highest BCUT2D eigenvalue weighted by Gasteiger charge is 1.90. The van der Waals surface area contributed by atoms with Gasteiger partial charge in [0.2, 0.25) is 0 Å². The molecule has 0 aromatic rings. The molecule has 0 aromatic heterocycles. The van der Waals surface area contributed by atoms with E-state index >= 15 is 0 Å². The number of hydrogen-bond donors (Lipinski definition) is 1. The molecule has 0 heterocycles. The molecule has 1 N–H and O–H groups in total. The maximum absolute atomic E-state index is 10.3. The molecule has 2 heteroatoms. The van der Waals surface area contributed by atoms with Gasteiger partial charge in [0.25, 0.3) is 0 Å². The SMILES string of the molecule is CCCCCCC/C=C/C/C=C/C/C=C/CCC(=O)O. The smallest absolute Gasteiger partial charge is 0.303 e. The van der Waals surface area contributed by atoms with E-state index in [9.17, 15) is 4.79 Å². The van der Waals surface area contributed by atoms with Crippen LogP contribution in [0.3, 0.4) is 0 Å². The lowest BCUT2D eigenvalue weighted by Crippen LogP contribution is -1.91. The van der Waals surface area contributed by atoms with Crippen LogP contribution in [0.15, 0.2) is 36.5 Å². The summed E-state index contributed by atoms with van der Waals surface area (Å²) in [6, 6.07) is 0. The zero-order valence-corrected chi connectivity index (χ0v) is 12.9. The van der Waals surface area contributed by atoms with Gasteiger partial charge in [-0.25, -0.2) is 0 Å². The van der Waals surface area contributed by atoms with Crippen LogP contribution in [0, 0.1) is 0 Å². The molecule has 20 heavy (non-hydrogen) atoms. The molecule has 0 fully saturated rings. The van der Waals surface area contributed by atoms with Crippen molar-refractivity contribution in [3.05, 3.63) is 36.5 Å². The number of unbranched alkanes of at least 4 members (excludes halogenated alkanes) is 5. The fourth-order valence-corrected chi connectivity index (χ4v) is 1.85. The van der Waals surface area contributed by atoms with Crippen molar-refractivity contribution in [3.8, 4) is 0 Å². The zero-order valence-electron chi connectivity index (χ0n) is 12.9. The van der Waals surface area contributed by atoms with E-state index in [0.717, 1.165) is 12.8 Å². The number of allylic oxidation sites excluding steroid dienone is 6. The van der Waals surface area contributed by atoms with Crippen LogP contribution in [0.5, 0.6) is 0 Å². The fraction of sp³-hybridized carbons (Fsp3) is 0.611. The number of carboxylic acid groups (broad SMARTS) is 1. The number of aliphatic carboxylic acids is 1. The Morgan fingerprint density at radius 2 is 1.35 bits per heavy atom. The Bertz CT molecular complexity index is 301. The van der Waals surface area contributed by atoms with E-state index < -0.39 is 5.97 Å². The van der Waals surface area contributed by atoms with Crippen molar-refractivity contribution in [2.45, 2.75) is 71.1 Å². The summed E-state index contributed by atoms with van der Waals surface area (Å²) in [6.07, 6.45) is 23.4. The van der Waals surface area contributed by atoms with Gasteiger partial charge in [0, 0.05) is 6.42 Å². The minimum atomic E-state index is -0.731. The second kappa shape index (κ2) is 15.7. The van der Waals surface area contributed by atoms with Crippen molar-refractivity contribution < 1.29 is 9.90 Å². The maximum Gasteiger partial charge on any atom is 0.303 e. The molecule has 0 unspecified atom stereocenters. The van der Waals surface area contributed by atoms with Crippen LogP contribution >= 0.6 is 0 Å². The van der Waals surface area contributed by atoms with Crippen LogP contribution < -0.4 is 0 Å². The average Bonchev–Trinajstić information content (AvgIpc) is 2.43. The van der Waals surface area contributed by atoms with E-state index in [1.54, 1.807) is 0 Å². The van der Waals surface area contributed by atoms with E-state index in [-0.39, 0.29) is 6.42 Å². The standard InChI is InChI=1S/C18H30O2/c1-2-3-4-5-6-7-8-9-10-11-12-13-14-15-16-17-18(19)20/h8-9,11-12,14-15H,2-7,10,13,16-17H2,1H3,(H,19,20)/b9-8+,12-11+,15-14+. The summed E-state index contributed by atoms with van der Waals surface area (Å²) in [4.78, 5) is 10.3. The predicted octanol–water partition coefficient (Wildman–Crippen LogP) is 5.66. The van der Waals surface area contributed by atoms with Gasteiger partial charge in [-0.15, -0.1) is 0 Å². The number of carbonyl (C=O) groups is 1. The molecule has 0 aliphatic carbocycles. The molecule has 114 valence electrons. The minimum absolute atomic E-state index is 0.223. The summed E-state index contributed by atoms with van der Waals surface area (Å²) in [5, 5.41) is 8.46. The number of rotatable bonds is 13. The summed E-state index contributed by atoms with van der Waals surface area (Å²) in [5.41, 5.74) is 0. The maximum atomic E-state index is 10.3. The molecule has 0 aliphatic rings. The molecule has 0 aliphatic heterocycles. The minimum Gasteiger partial charge on any atom is -0.481 e. The first kappa shape index (κ1) is 18.7. The lowest BCUT2D eigenvalue weighted by Gasteiger charge is -1.95. The molecular formula is C18H30O2. The Morgan fingerprint density at radius 1 is 0.800 bits per heavy atom. The van der Waals surface area contributed by atoms with Crippen LogP contribution in [0.4, 0.5) is 0 Å². The lowest BCUT2D eigenvalue weighted by molar-refractivity contribution is -0.136. The first-order chi connectivity index (χ1) is 9.77. The molecule has 0 bridgehead atoms. The molecule has 0 atom stereocenters. The van der Waals surface area contributed by atoms with E-state index in [0.29, 0.717) is 6.42 Å². The average molecular weight is 278 g/mol. The third-order valence-electron chi connectivity index (χ3n) is 3.04. The molecule has 0 saturated heterocycles. The Labute approximate surface area is 124 Å². The Balaban J connectivity index is 3.32. The summed E-state index contributed by atoms with van der Waals surface area (Å²) in [5.74, 6) is -0.731. The van der Waals surface area contributed by atoms with Crippen molar-refractivity contribution in [1.82, 2.24) is 0 Å². The number of hydrogen-bond acceptors (Lipinski definition) is 1. The van der Waals surface area contributed by atoms with E-state index in [2.05, 4.69) is 31.2 Å². The summed E-state index contributed by atoms with van der Waals surface area (Å²) in [6.45, 7) is 2.24. The second-order valence-corrected chi connectivity index (χ2v) is 5.02. The molecule has 0 amide bonds. The lowest BCUT2D eigenvalue weighted by atomic mass is 10.1. The molecule has 2 nitrogen and oxygen atoms in total. The molecule has 0 rings (SSSR count). The monoisotopic (exact) mass is 278 g/mol. The second-order valence-electron chi connectivity index (χ2n) is 5.02. The van der Waals surface area contributed by atoms with Crippen LogP contribution in [0.2, 0.25) is 0 Å². The van der Waals surface area contributed by atoms with Gasteiger partial charge in [-0.05, 0) is 32.1 Å². The summed E-state index contributed by atoms with van der Waals surface area (Å²) >= 11 is 0. The Morgan fingerprint density at radius 3 is 1.95 bits per heavy atom. The highest BCUT2D eigenvalue weighted by molar-refractivity contribution is 5.66. The van der Waals surface area contributed by atoms with Crippen molar-refractivity contribution in [2.24, 2.45) is 0 Å². The first-order valence-corrected chi connectivity index (χ1v) is 7.94. The Hall–Kier alpha value is -1.31. The number of carboxylic acids is 1. The van der Waals surface area contributed by atoms with Gasteiger partial charge < -0.3 is 5.11 Å². The normalized spacial score (nSPS) is 12.1. The molecular weight excluding hydrogens is 248 g/mol.